The Kier molecular flexibility index (Phi) is 3.78. The second-order valence-corrected chi connectivity index (χ2v) is 3.58. The number of hydrogen-bond donors (Lipinski definition) is 1. The van der Waals surface area contributed by atoms with E-state index in [1.165, 1.54) is 0 Å². The van der Waals surface area contributed by atoms with Crippen LogP contribution in [-0.2, 0) is 10.0 Å². The van der Waals surface area contributed by atoms with E-state index in [0.717, 1.165) is 19.1 Å². The number of primary sulfonamides is 1. The molecule has 0 radical (unpaired) electrons. The smallest absolute Gasteiger partial charge is 0.224 e. The Morgan fingerprint density at radius 2 is 2.17 bits per heavy atom. The summed E-state index contributed by atoms with van der Waals surface area (Å²) in [5, 5.41) is 4.17. The van der Waals surface area contributed by atoms with E-state index >= 15 is 0 Å². The molecule has 4 nitrogen and oxygen atoms in total. The highest BCUT2D eigenvalue weighted by molar-refractivity contribution is 8.04. The summed E-state index contributed by atoms with van der Waals surface area (Å²) in [6, 6.07) is 0. The normalized spacial score (nSPS) is 14.6. The van der Waals surface area contributed by atoms with Crippen LogP contribution in [0, 0.1) is 0 Å². The lowest BCUT2D eigenvalue weighted by molar-refractivity contribution is 0.605. The summed E-state index contributed by atoms with van der Waals surface area (Å²) in [4.78, 5) is 3.06. The van der Waals surface area contributed by atoms with E-state index in [1.807, 2.05) is 0 Å². The average Bonchev–Trinajstić information content (AvgIpc) is 1.85. The van der Waals surface area contributed by atoms with Gasteiger partial charge in [-0.3, -0.25) is 0 Å². The van der Waals surface area contributed by atoms with E-state index in [0.29, 0.717) is 0 Å². The molecule has 0 aliphatic carbocycles. The van der Waals surface area contributed by atoms with Gasteiger partial charge in [-0.05, 0) is 13.0 Å². The molecule has 0 unspecified atom stereocenters. The molecule has 68 valence electrons. The quantitative estimate of drug-likeness (QED) is 0.302. The summed E-state index contributed by atoms with van der Waals surface area (Å²) in [6.07, 6.45) is 2.07. The molecule has 0 rings (SSSR count). The van der Waals surface area contributed by atoms with Gasteiger partial charge in [-0.25, -0.2) is 18.5 Å². The molecule has 0 saturated heterocycles. The molecule has 0 fully saturated rings. The Morgan fingerprint density at radius 3 is 2.50 bits per heavy atom. The maximum atomic E-state index is 12.5. The maximum absolute atomic E-state index is 12.5. The predicted octanol–water partition coefficient (Wildman–Crippen LogP) is 0.690. The average molecular weight is 192 g/mol. The van der Waals surface area contributed by atoms with Gasteiger partial charge in [0.1, 0.15) is 5.04 Å². The minimum Gasteiger partial charge on any atom is -0.224 e. The Balaban J connectivity index is 4.82. The highest BCUT2D eigenvalue weighted by Gasteiger charge is 2.07. The molecule has 0 spiro atoms. The molecule has 0 heterocycles. The van der Waals surface area contributed by atoms with Gasteiger partial charge in [0.25, 0.3) is 10.0 Å². The summed E-state index contributed by atoms with van der Waals surface area (Å²) < 4.78 is 33.5. The maximum Gasteiger partial charge on any atom is 0.251 e. The molecule has 0 aromatic carbocycles. The molecule has 0 bridgehead atoms. The third kappa shape index (κ3) is 3.99. The molecular weight excluding hydrogens is 183 g/mol. The van der Waals surface area contributed by atoms with E-state index in [-0.39, 0.29) is 0 Å². The minimum absolute atomic E-state index is 0.474. The molecule has 0 aliphatic heterocycles. The first kappa shape index (κ1) is 11.0. The molecular formula is C6H9FN2O2S. The Morgan fingerprint density at radius 1 is 1.67 bits per heavy atom. The van der Waals surface area contributed by atoms with Gasteiger partial charge in [0.2, 0.25) is 5.95 Å². The van der Waals surface area contributed by atoms with Crippen molar-refractivity contribution in [2.24, 2.45) is 10.1 Å². The second kappa shape index (κ2) is 4.13. The van der Waals surface area contributed by atoms with Crippen LogP contribution in [0.15, 0.2) is 29.7 Å². The lowest BCUT2D eigenvalue weighted by Crippen LogP contribution is -2.20. The topological polar surface area (TPSA) is 72.5 Å². The van der Waals surface area contributed by atoms with Crippen LogP contribution in [0.5, 0.6) is 0 Å². The zero-order valence-electron chi connectivity index (χ0n) is 6.49. The van der Waals surface area contributed by atoms with Gasteiger partial charge in [0, 0.05) is 0 Å². The summed E-state index contributed by atoms with van der Waals surface area (Å²) in [5.41, 5.74) is 0. The van der Waals surface area contributed by atoms with Crippen molar-refractivity contribution in [2.75, 3.05) is 0 Å². The molecule has 12 heavy (non-hydrogen) atoms. The van der Waals surface area contributed by atoms with Crippen LogP contribution in [0.4, 0.5) is 4.39 Å². The second-order valence-electron chi connectivity index (χ2n) is 1.90. The van der Waals surface area contributed by atoms with Crippen LogP contribution in [0.2, 0.25) is 0 Å². The van der Waals surface area contributed by atoms with Gasteiger partial charge in [-0.15, -0.1) is 0 Å². The molecule has 0 aromatic rings. The standard InChI is InChI=1S/C6H9FN2O2S/c1-3-4-6(7)9-5(2)12(8,10)11/h3-4H,1H2,2H3,(H2,8,10,11)/b6-4-,9-5?. The van der Waals surface area contributed by atoms with Crippen molar-refractivity contribution in [3.63, 3.8) is 0 Å². The monoisotopic (exact) mass is 192 g/mol. The molecule has 2 N–H and O–H groups in total. The number of allylic oxidation sites excluding steroid dienone is 2. The molecule has 0 aliphatic rings. The van der Waals surface area contributed by atoms with Crippen molar-refractivity contribution in [1.29, 1.82) is 0 Å². The van der Waals surface area contributed by atoms with Crippen LogP contribution in [0.3, 0.4) is 0 Å². The first-order valence-electron chi connectivity index (χ1n) is 2.94. The largest absolute Gasteiger partial charge is 0.251 e. The Bertz CT molecular complexity index is 329. The Hall–Kier alpha value is -1.01. The zero-order chi connectivity index (χ0) is 9.78. The minimum atomic E-state index is -3.88. The summed E-state index contributed by atoms with van der Waals surface area (Å²) in [5.74, 6) is -0.948. The SMILES string of the molecule is C=C/C=C(/F)N=C(C)S(N)(=O)=O. The molecule has 0 aromatic heterocycles. The first-order valence-corrected chi connectivity index (χ1v) is 4.49. The third-order valence-electron chi connectivity index (χ3n) is 0.931. The number of halogens is 1. The third-order valence-corrected chi connectivity index (χ3v) is 1.85. The lowest BCUT2D eigenvalue weighted by Gasteiger charge is -1.93. The summed E-state index contributed by atoms with van der Waals surface area (Å²) in [6.45, 7) is 4.31. The fraction of sp³-hybridized carbons (Fsp3) is 0.167. The number of rotatable bonds is 2. The Labute approximate surface area is 70.3 Å². The van der Waals surface area contributed by atoms with Crippen molar-refractivity contribution in [3.05, 3.63) is 24.7 Å². The molecule has 0 atom stereocenters. The van der Waals surface area contributed by atoms with Crippen molar-refractivity contribution in [3.8, 4) is 0 Å². The van der Waals surface area contributed by atoms with Crippen molar-refractivity contribution >= 4 is 15.1 Å². The summed E-state index contributed by atoms with van der Waals surface area (Å²) in [7, 11) is -3.88. The van der Waals surface area contributed by atoms with Gasteiger partial charge >= 0.3 is 0 Å². The predicted molar refractivity (Wildman–Crippen MR) is 45.6 cm³/mol. The van der Waals surface area contributed by atoms with Crippen molar-refractivity contribution < 1.29 is 12.8 Å². The highest BCUT2D eigenvalue weighted by Crippen LogP contribution is 2.00. The summed E-state index contributed by atoms with van der Waals surface area (Å²) >= 11 is 0. The van der Waals surface area contributed by atoms with E-state index in [1.54, 1.807) is 0 Å². The number of nitrogens with zero attached hydrogens (tertiary/aromatic N) is 1. The van der Waals surface area contributed by atoms with Crippen LogP contribution >= 0.6 is 0 Å². The van der Waals surface area contributed by atoms with Gasteiger partial charge in [0.05, 0.1) is 0 Å². The van der Waals surface area contributed by atoms with Gasteiger partial charge in [-0.2, -0.15) is 4.39 Å². The van der Waals surface area contributed by atoms with Gasteiger partial charge in [-0.1, -0.05) is 12.7 Å². The van der Waals surface area contributed by atoms with Crippen LogP contribution in [0.1, 0.15) is 6.92 Å². The number of sulfonamides is 1. The molecule has 0 amide bonds. The molecule has 6 heteroatoms. The van der Waals surface area contributed by atoms with Gasteiger partial charge in [0.15, 0.2) is 0 Å². The highest BCUT2D eigenvalue weighted by atomic mass is 32.2. The van der Waals surface area contributed by atoms with E-state index < -0.39 is 21.0 Å². The van der Waals surface area contributed by atoms with E-state index in [4.69, 9.17) is 0 Å². The van der Waals surface area contributed by atoms with Crippen molar-refractivity contribution in [2.45, 2.75) is 6.92 Å². The van der Waals surface area contributed by atoms with Gasteiger partial charge < -0.3 is 0 Å². The van der Waals surface area contributed by atoms with Crippen LogP contribution in [-0.4, -0.2) is 13.5 Å². The number of aliphatic imine (C=N–C) groups is 1. The lowest BCUT2D eigenvalue weighted by atomic mass is 10.6. The number of nitrogens with two attached hydrogens (primary N) is 1. The van der Waals surface area contributed by atoms with Crippen LogP contribution in [0.25, 0.3) is 0 Å². The fourth-order valence-corrected chi connectivity index (χ4v) is 0.563. The first-order chi connectivity index (χ1) is 5.38. The van der Waals surface area contributed by atoms with E-state index in [9.17, 15) is 12.8 Å². The number of hydrogen-bond acceptors (Lipinski definition) is 3. The molecule has 0 saturated carbocycles. The fourth-order valence-electron chi connectivity index (χ4n) is 0.349. The zero-order valence-corrected chi connectivity index (χ0v) is 7.31. The van der Waals surface area contributed by atoms with Crippen molar-refractivity contribution in [1.82, 2.24) is 0 Å². The van der Waals surface area contributed by atoms with E-state index in [2.05, 4.69) is 16.7 Å². The van der Waals surface area contributed by atoms with Crippen LogP contribution < -0.4 is 5.14 Å².